The minimum absolute atomic E-state index is 0. The van der Waals surface area contributed by atoms with E-state index in [1.165, 1.54) is 11.1 Å². The van der Waals surface area contributed by atoms with E-state index in [0.29, 0.717) is 12.1 Å². The molecule has 0 radical (unpaired) electrons. The Morgan fingerprint density at radius 1 is 1.09 bits per heavy atom. The highest BCUT2D eigenvalue weighted by atomic mass is 127. The van der Waals surface area contributed by atoms with E-state index in [0.717, 1.165) is 49.1 Å². The van der Waals surface area contributed by atoms with E-state index in [4.69, 9.17) is 14.5 Å². The van der Waals surface area contributed by atoms with Crippen LogP contribution in [-0.4, -0.2) is 63.1 Å². The van der Waals surface area contributed by atoms with E-state index in [-0.39, 0.29) is 29.9 Å². The van der Waals surface area contributed by atoms with E-state index in [1.54, 1.807) is 33.2 Å². The number of aliphatic imine (C=N–C) groups is 1. The number of carbonyl (C=O) groups is 1. The first-order valence-electron chi connectivity index (χ1n) is 10.5. The van der Waals surface area contributed by atoms with Crippen LogP contribution in [0.5, 0.6) is 11.5 Å². The number of hydrogen-bond acceptors (Lipinski definition) is 4. The van der Waals surface area contributed by atoms with Gasteiger partial charge in [0.2, 0.25) is 0 Å². The summed E-state index contributed by atoms with van der Waals surface area (Å²) in [6.07, 6.45) is 0.918. The van der Waals surface area contributed by atoms with Gasteiger partial charge in [-0.15, -0.1) is 24.0 Å². The fourth-order valence-electron chi connectivity index (χ4n) is 3.67. The zero-order valence-corrected chi connectivity index (χ0v) is 21.8. The number of nitrogens with zero attached hydrogens (tertiary/aromatic N) is 3. The van der Waals surface area contributed by atoms with Crippen molar-refractivity contribution in [3.05, 3.63) is 58.7 Å². The van der Waals surface area contributed by atoms with Crippen LogP contribution in [0.3, 0.4) is 0 Å². The van der Waals surface area contributed by atoms with E-state index in [2.05, 4.69) is 29.3 Å². The quantitative estimate of drug-likeness (QED) is 0.338. The Kier molecular flexibility index (Phi) is 9.61. The zero-order valence-electron chi connectivity index (χ0n) is 19.5. The number of guanidine groups is 1. The molecule has 2 aromatic rings. The molecular formula is C24H33IN4O3. The molecule has 0 atom stereocenters. The maximum absolute atomic E-state index is 12.1. The molecule has 32 heavy (non-hydrogen) atoms. The van der Waals surface area contributed by atoms with Gasteiger partial charge in [-0.25, -0.2) is 4.99 Å². The second kappa shape index (κ2) is 11.9. The third-order valence-electron chi connectivity index (χ3n) is 5.37. The first-order chi connectivity index (χ1) is 15.0. The number of methoxy groups -OCH3 is 2. The molecule has 8 heteroatoms. The number of fused-ring (bicyclic) bond motifs is 1. The predicted octanol–water partition coefficient (Wildman–Crippen LogP) is 3.55. The summed E-state index contributed by atoms with van der Waals surface area (Å²) in [5.74, 6) is 2.41. The van der Waals surface area contributed by atoms with Gasteiger partial charge in [0.25, 0.3) is 5.91 Å². The molecule has 0 saturated heterocycles. The minimum Gasteiger partial charge on any atom is -0.493 e. The Labute approximate surface area is 207 Å². The number of rotatable bonds is 6. The highest BCUT2D eigenvalue weighted by Gasteiger charge is 2.21. The van der Waals surface area contributed by atoms with Crippen LogP contribution >= 0.6 is 24.0 Å². The van der Waals surface area contributed by atoms with Crippen LogP contribution < -0.4 is 14.8 Å². The molecular weight excluding hydrogens is 519 g/mol. The zero-order chi connectivity index (χ0) is 22.4. The maximum atomic E-state index is 12.1. The molecule has 3 rings (SSSR count). The molecule has 0 unspecified atom stereocenters. The van der Waals surface area contributed by atoms with Crippen molar-refractivity contribution in [2.24, 2.45) is 4.99 Å². The minimum atomic E-state index is 0. The molecule has 0 spiro atoms. The van der Waals surface area contributed by atoms with Crippen LogP contribution in [0.2, 0.25) is 0 Å². The van der Waals surface area contributed by atoms with Crippen LogP contribution in [-0.2, 0) is 19.5 Å². The van der Waals surface area contributed by atoms with Crippen molar-refractivity contribution in [2.45, 2.75) is 26.4 Å². The van der Waals surface area contributed by atoms with Crippen LogP contribution in [0, 0.1) is 0 Å². The number of hydrogen-bond donors (Lipinski definition) is 1. The molecule has 0 fully saturated rings. The summed E-state index contributed by atoms with van der Waals surface area (Å²) in [5, 5.41) is 3.41. The van der Waals surface area contributed by atoms with Crippen molar-refractivity contribution < 1.29 is 14.3 Å². The summed E-state index contributed by atoms with van der Waals surface area (Å²) < 4.78 is 10.9. The molecule has 0 saturated carbocycles. The van der Waals surface area contributed by atoms with Crippen molar-refractivity contribution in [1.29, 1.82) is 0 Å². The summed E-state index contributed by atoms with van der Waals surface area (Å²) in [6.45, 7) is 5.06. The average molecular weight is 552 g/mol. The van der Waals surface area contributed by atoms with Crippen molar-refractivity contribution in [1.82, 2.24) is 15.1 Å². The summed E-state index contributed by atoms with van der Waals surface area (Å²) in [6, 6.07) is 11.8. The highest BCUT2D eigenvalue weighted by Crippen LogP contribution is 2.33. The van der Waals surface area contributed by atoms with E-state index < -0.39 is 0 Å². The number of halogens is 1. The largest absolute Gasteiger partial charge is 0.493 e. The summed E-state index contributed by atoms with van der Waals surface area (Å²) in [5.41, 5.74) is 4.25. The van der Waals surface area contributed by atoms with Gasteiger partial charge in [-0.1, -0.05) is 12.1 Å². The van der Waals surface area contributed by atoms with Gasteiger partial charge < -0.3 is 24.6 Å². The van der Waals surface area contributed by atoms with Gasteiger partial charge in [0.15, 0.2) is 17.5 Å². The van der Waals surface area contributed by atoms with Crippen molar-refractivity contribution in [3.63, 3.8) is 0 Å². The molecule has 1 N–H and O–H groups in total. The molecule has 1 aliphatic rings. The van der Waals surface area contributed by atoms with E-state index in [9.17, 15) is 4.79 Å². The van der Waals surface area contributed by atoms with Crippen molar-refractivity contribution in [2.75, 3.05) is 41.4 Å². The lowest BCUT2D eigenvalue weighted by molar-refractivity contribution is 0.0827. The highest BCUT2D eigenvalue weighted by molar-refractivity contribution is 14.0. The van der Waals surface area contributed by atoms with Crippen molar-refractivity contribution >= 4 is 35.8 Å². The number of carbonyl (C=O) groups excluding carboxylic acids is 1. The number of benzene rings is 2. The van der Waals surface area contributed by atoms with Crippen molar-refractivity contribution in [3.8, 4) is 11.5 Å². The Balaban J connectivity index is 0.00000363. The van der Waals surface area contributed by atoms with Gasteiger partial charge in [-0.2, -0.15) is 0 Å². The van der Waals surface area contributed by atoms with Crippen LogP contribution in [0.25, 0.3) is 0 Å². The standard InChI is InChI=1S/C24H32N4O3.HI/c1-6-25-24(26-15-17-7-9-18(10-8-17)23(29)27(2)3)28-12-11-19-13-21(30-4)22(31-5)14-20(19)16-28;/h7-10,13-14H,6,11-12,15-16H2,1-5H3,(H,25,26);1H. The normalized spacial score (nSPS) is 13.0. The lowest BCUT2D eigenvalue weighted by Gasteiger charge is -2.32. The smallest absolute Gasteiger partial charge is 0.253 e. The average Bonchev–Trinajstić information content (AvgIpc) is 2.80. The molecule has 174 valence electrons. The first kappa shape index (κ1) is 25.8. The van der Waals surface area contributed by atoms with Gasteiger partial charge in [-0.05, 0) is 54.3 Å². The van der Waals surface area contributed by atoms with Gasteiger partial charge in [0, 0.05) is 39.3 Å². The Morgan fingerprint density at radius 3 is 2.28 bits per heavy atom. The molecule has 1 heterocycles. The number of ether oxygens (including phenoxy) is 2. The third kappa shape index (κ3) is 6.05. The number of amides is 1. The third-order valence-corrected chi connectivity index (χ3v) is 5.37. The Bertz CT molecular complexity index is 945. The van der Waals surface area contributed by atoms with E-state index >= 15 is 0 Å². The molecule has 1 amide bonds. The second-order valence-electron chi connectivity index (χ2n) is 7.71. The molecule has 0 bridgehead atoms. The molecule has 0 aromatic heterocycles. The Morgan fingerprint density at radius 2 is 1.72 bits per heavy atom. The summed E-state index contributed by atoms with van der Waals surface area (Å²) in [7, 11) is 6.84. The maximum Gasteiger partial charge on any atom is 0.253 e. The second-order valence-corrected chi connectivity index (χ2v) is 7.71. The van der Waals surface area contributed by atoms with Gasteiger partial charge in [0.1, 0.15) is 0 Å². The Hall–Kier alpha value is -2.49. The fraction of sp³-hybridized carbons (Fsp3) is 0.417. The lowest BCUT2D eigenvalue weighted by atomic mass is 9.99. The topological polar surface area (TPSA) is 66.4 Å². The fourth-order valence-corrected chi connectivity index (χ4v) is 3.67. The monoisotopic (exact) mass is 552 g/mol. The van der Waals surface area contributed by atoms with Gasteiger partial charge in [-0.3, -0.25) is 4.79 Å². The summed E-state index contributed by atoms with van der Waals surface area (Å²) in [4.78, 5) is 20.8. The SMILES string of the molecule is CCNC(=NCc1ccc(C(=O)N(C)C)cc1)N1CCc2cc(OC)c(OC)cc2C1.I. The summed E-state index contributed by atoms with van der Waals surface area (Å²) >= 11 is 0. The van der Waals surface area contributed by atoms with Crippen LogP contribution in [0.4, 0.5) is 0 Å². The molecule has 1 aliphatic heterocycles. The van der Waals surface area contributed by atoms with Gasteiger partial charge in [0.05, 0.1) is 20.8 Å². The van der Waals surface area contributed by atoms with Crippen LogP contribution in [0.15, 0.2) is 41.4 Å². The van der Waals surface area contributed by atoms with Crippen LogP contribution in [0.1, 0.15) is 34.0 Å². The first-order valence-corrected chi connectivity index (χ1v) is 10.5. The number of nitrogens with one attached hydrogen (secondary N) is 1. The molecule has 2 aromatic carbocycles. The lowest BCUT2D eigenvalue weighted by Crippen LogP contribution is -2.44. The van der Waals surface area contributed by atoms with Gasteiger partial charge >= 0.3 is 0 Å². The van der Waals surface area contributed by atoms with E-state index in [1.807, 2.05) is 24.3 Å². The molecule has 7 nitrogen and oxygen atoms in total. The predicted molar refractivity (Wildman–Crippen MR) is 138 cm³/mol. The molecule has 0 aliphatic carbocycles.